The topological polar surface area (TPSA) is 238 Å². The van der Waals surface area contributed by atoms with Crippen LogP contribution >= 0.6 is 0 Å². The molecule has 75 heavy (non-hydrogen) atoms. The van der Waals surface area contributed by atoms with Gasteiger partial charge in [-0.05, 0) is 138 Å². The van der Waals surface area contributed by atoms with Gasteiger partial charge >= 0.3 is 11.9 Å². The molecule has 5 N–H and O–H groups in total. The molecule has 19 nitrogen and oxygen atoms in total. The van der Waals surface area contributed by atoms with Crippen molar-refractivity contribution in [2.75, 3.05) is 48.0 Å². The van der Waals surface area contributed by atoms with Gasteiger partial charge in [0.15, 0.2) is 12.6 Å². The number of hydrogen-bond acceptors (Lipinski definition) is 17. The number of likely N-dealkylation sites (N-methyl/N-ethyl adjacent to an activating group) is 2. The molecular weight excluding hydrogens is 971 g/mol. The van der Waals surface area contributed by atoms with Gasteiger partial charge in [-0.1, -0.05) is 26.8 Å². The van der Waals surface area contributed by atoms with Crippen molar-refractivity contribution in [2.45, 2.75) is 211 Å². The molecule has 1 aromatic carbocycles. The minimum Gasteiger partial charge on any atom is -0.499 e. The number of allylic oxidation sites excluding steroid dienone is 1. The van der Waals surface area contributed by atoms with E-state index in [-0.39, 0.29) is 62.1 Å². The lowest BCUT2D eigenvalue weighted by Gasteiger charge is -2.49. The number of aliphatic hydroxyl groups excluding tert-OH is 2. The molecule has 0 amide bonds. The van der Waals surface area contributed by atoms with Crippen molar-refractivity contribution in [3.8, 4) is 0 Å². The highest BCUT2D eigenvalue weighted by molar-refractivity contribution is 5.92. The molecule has 0 radical (unpaired) electrons. The zero-order valence-corrected chi connectivity index (χ0v) is 46.8. The fraction of sp³-hybridized carbons (Fsp3) is 0.768. The number of carbonyl (C=O) groups is 2. The highest BCUT2D eigenvalue weighted by Gasteiger charge is 2.53. The molecule has 2 aromatic rings. The summed E-state index contributed by atoms with van der Waals surface area (Å²) < 4.78 is 53.1. The fourth-order valence-electron chi connectivity index (χ4n) is 11.9. The van der Waals surface area contributed by atoms with Crippen molar-refractivity contribution in [1.29, 1.82) is 0 Å². The maximum atomic E-state index is 14.6. The van der Waals surface area contributed by atoms with Gasteiger partial charge in [-0.15, -0.1) is 0 Å². The summed E-state index contributed by atoms with van der Waals surface area (Å²) in [4.78, 5) is 43.4. The Balaban J connectivity index is 1.20. The number of nitrogens with zero attached hydrogens (tertiary/aromatic N) is 3. The number of aliphatic hydroxyl groups is 4. The van der Waals surface area contributed by atoms with Gasteiger partial charge < -0.3 is 77.8 Å². The smallest absolute Gasteiger partial charge is 0.341 e. The zero-order valence-electron chi connectivity index (χ0n) is 46.8. The van der Waals surface area contributed by atoms with Crippen LogP contribution in [0, 0.1) is 17.8 Å². The zero-order chi connectivity index (χ0) is 55.5. The quantitative estimate of drug-likeness (QED) is 0.0841. The molecule has 1 aromatic heterocycles. The maximum Gasteiger partial charge on any atom is 0.341 e. The Labute approximate surface area is 443 Å². The van der Waals surface area contributed by atoms with Crippen LogP contribution in [0.3, 0.4) is 0 Å². The Kier molecular flexibility index (Phi) is 20.3. The SMILES string of the molecule is CC[C@H]1OC(=O)[C@H](C)[C@@H](OC2C[C@@](C)(OC)[C@@H](OCCOC=CCc3ccc4c(c3)c(=O)c(C(=O)O)cn4C3CC3)[C@H](C)O2)[C@H](C)[C@@H](O[C@@H]2O[C@H](C)C[C@H](N(C)C)[C@H]2O)[C@](C)(O)C[C@@H](C)CN(C)[C@H](C)[C@H](O)[C@]1(C)O. The third-order valence-corrected chi connectivity index (χ3v) is 16.5. The van der Waals surface area contributed by atoms with E-state index < -0.39 is 107 Å². The van der Waals surface area contributed by atoms with Gasteiger partial charge in [-0.3, -0.25) is 9.59 Å². The third kappa shape index (κ3) is 14.0. The highest BCUT2D eigenvalue weighted by atomic mass is 16.7. The van der Waals surface area contributed by atoms with Crippen LogP contribution in [0.1, 0.15) is 130 Å². The lowest BCUT2D eigenvalue weighted by atomic mass is 9.77. The molecule has 19 heteroatoms. The number of rotatable bonds is 16. The fourth-order valence-corrected chi connectivity index (χ4v) is 11.9. The van der Waals surface area contributed by atoms with Crippen LogP contribution in [0.25, 0.3) is 10.9 Å². The number of aromatic nitrogens is 1. The summed E-state index contributed by atoms with van der Waals surface area (Å²) in [5.74, 6) is -3.98. The minimum atomic E-state index is -1.84. The van der Waals surface area contributed by atoms with Crippen LogP contribution < -0.4 is 5.43 Å². The number of methoxy groups -OCH3 is 1. The number of ether oxygens (including phenoxy) is 8. The molecule has 3 saturated heterocycles. The number of carbonyl (C=O) groups excluding carboxylic acids is 1. The molecule has 18 atom stereocenters. The highest BCUT2D eigenvalue weighted by Crippen LogP contribution is 2.41. The van der Waals surface area contributed by atoms with Crippen molar-refractivity contribution >= 4 is 22.8 Å². The molecule has 3 aliphatic heterocycles. The predicted octanol–water partition coefficient (Wildman–Crippen LogP) is 5.05. The van der Waals surface area contributed by atoms with Crippen molar-refractivity contribution in [3.63, 3.8) is 0 Å². The van der Waals surface area contributed by atoms with E-state index in [4.69, 9.17) is 37.9 Å². The van der Waals surface area contributed by atoms with Crippen LogP contribution in [0.4, 0.5) is 0 Å². The largest absolute Gasteiger partial charge is 0.499 e. The van der Waals surface area contributed by atoms with Gasteiger partial charge in [-0.25, -0.2) is 4.79 Å². The van der Waals surface area contributed by atoms with E-state index in [9.17, 15) is 39.9 Å². The second kappa shape index (κ2) is 25.0. The van der Waals surface area contributed by atoms with Gasteiger partial charge in [0, 0.05) is 55.7 Å². The normalized spacial score (nSPS) is 39.1. The summed E-state index contributed by atoms with van der Waals surface area (Å²) in [6.07, 6.45) is -1.00. The van der Waals surface area contributed by atoms with Gasteiger partial charge in [0.25, 0.3) is 0 Å². The van der Waals surface area contributed by atoms with E-state index in [0.29, 0.717) is 24.8 Å². The molecule has 4 heterocycles. The number of fused-ring (bicyclic) bond motifs is 1. The van der Waals surface area contributed by atoms with Gasteiger partial charge in [-0.2, -0.15) is 0 Å². The maximum absolute atomic E-state index is 14.6. The number of carboxylic acid groups (broad SMARTS) is 1. The van der Waals surface area contributed by atoms with Crippen LogP contribution in [0.5, 0.6) is 0 Å². The first-order valence-electron chi connectivity index (χ1n) is 27.0. The number of cyclic esters (lactones) is 1. The average Bonchev–Trinajstić information content (AvgIpc) is 4.19. The van der Waals surface area contributed by atoms with E-state index in [1.807, 2.05) is 88.3 Å². The Morgan fingerprint density at radius 3 is 2.28 bits per heavy atom. The van der Waals surface area contributed by atoms with Crippen molar-refractivity contribution in [2.24, 2.45) is 17.8 Å². The van der Waals surface area contributed by atoms with Crippen molar-refractivity contribution in [3.05, 3.63) is 58.1 Å². The summed E-state index contributed by atoms with van der Waals surface area (Å²) >= 11 is 0. The van der Waals surface area contributed by atoms with E-state index in [1.165, 1.54) is 13.1 Å². The number of hydrogen-bond donors (Lipinski definition) is 5. The Hall–Kier alpha value is -3.57. The summed E-state index contributed by atoms with van der Waals surface area (Å²) in [5, 5.41) is 58.2. The van der Waals surface area contributed by atoms with Crippen molar-refractivity contribution < 1.29 is 73.0 Å². The van der Waals surface area contributed by atoms with Crippen LogP contribution in [-0.4, -0.2) is 190 Å². The van der Waals surface area contributed by atoms with E-state index in [2.05, 4.69) is 0 Å². The average molecular weight is 1060 g/mol. The lowest BCUT2D eigenvalue weighted by Crippen LogP contribution is -2.61. The summed E-state index contributed by atoms with van der Waals surface area (Å²) in [6, 6.07) is 4.85. The first kappa shape index (κ1) is 60.7. The first-order valence-corrected chi connectivity index (χ1v) is 27.0. The van der Waals surface area contributed by atoms with Gasteiger partial charge in [0.05, 0.1) is 59.9 Å². The van der Waals surface area contributed by atoms with Crippen LogP contribution in [0.15, 0.2) is 41.5 Å². The summed E-state index contributed by atoms with van der Waals surface area (Å²) in [5.41, 5.74) is -3.62. The second-order valence-corrected chi connectivity index (χ2v) is 23.1. The molecule has 424 valence electrons. The number of pyridine rings is 1. The monoisotopic (exact) mass is 1060 g/mol. The summed E-state index contributed by atoms with van der Waals surface area (Å²) in [6.45, 7) is 18.7. The standard InChI is InChI=1S/C56H89N3O16/c1-15-43-56(10,67)48(62)35(6)58(13)29-31(2)27-54(8,66)49(75-53-46(61)42(57(11)12)25-32(3)71-53)33(4)47(34(5)52(65)73-43)74-44-28-55(9,68-14)50(36(7)72-44)70-24-23-69-22-16-17-37-18-21-41-39(26-37)45(60)40(51(63)64)30-59(41)38-19-20-38/h16,18,21-22,26,30-36,38,42-44,46-50,53,61-62,66-67H,15,17,19-20,23-25,27-29H2,1-14H3,(H,63,64)/t31-,32-,33+,34-,35-,36+,42+,43-,44?,46-,47+,48+,49-,50+,53+,54-,55-,56-/m1/s1. The molecule has 1 aliphatic carbocycles. The van der Waals surface area contributed by atoms with Gasteiger partial charge in [0.1, 0.15) is 42.2 Å². The predicted molar refractivity (Wildman–Crippen MR) is 280 cm³/mol. The Morgan fingerprint density at radius 2 is 1.65 bits per heavy atom. The molecule has 0 spiro atoms. The summed E-state index contributed by atoms with van der Waals surface area (Å²) in [7, 11) is 7.18. The molecule has 0 bridgehead atoms. The molecule has 1 saturated carbocycles. The number of carboxylic acids is 1. The molecule has 4 aliphatic rings. The minimum absolute atomic E-state index is 0.157. The lowest BCUT2D eigenvalue weighted by molar-refractivity contribution is -0.321. The molecule has 6 rings (SSSR count). The molecule has 1 unspecified atom stereocenters. The number of esters is 1. The third-order valence-electron chi connectivity index (χ3n) is 16.5. The number of aromatic carboxylic acids is 1. The number of benzene rings is 1. The van der Waals surface area contributed by atoms with E-state index in [0.717, 1.165) is 23.9 Å². The first-order chi connectivity index (χ1) is 35.1. The van der Waals surface area contributed by atoms with Crippen LogP contribution in [0.2, 0.25) is 0 Å². The van der Waals surface area contributed by atoms with Crippen molar-refractivity contribution in [1.82, 2.24) is 14.4 Å². The van der Waals surface area contributed by atoms with E-state index in [1.54, 1.807) is 47.1 Å². The molecular formula is C56H89N3O16. The Bertz CT molecular complexity index is 2320. The van der Waals surface area contributed by atoms with E-state index >= 15 is 0 Å². The Morgan fingerprint density at radius 1 is 0.960 bits per heavy atom. The second-order valence-electron chi connectivity index (χ2n) is 23.1. The van der Waals surface area contributed by atoms with Gasteiger partial charge in [0.2, 0.25) is 5.43 Å². The molecule has 4 fully saturated rings. The van der Waals surface area contributed by atoms with Crippen LogP contribution in [-0.2, 0) is 49.1 Å².